The molecule has 0 radical (unpaired) electrons. The minimum Gasteiger partial charge on any atom is -0.481 e. The SMILES string of the molecule is CC(C)(C)OC(=O)N(CC(F)(F)F)C(CCC(=O)O)C(=O)O. The van der Waals surface area contributed by atoms with Gasteiger partial charge in [0.25, 0.3) is 0 Å². The zero-order valence-corrected chi connectivity index (χ0v) is 12.3. The number of carboxylic acid groups (broad SMARTS) is 2. The Morgan fingerprint density at radius 3 is 1.95 bits per heavy atom. The second-order valence-electron chi connectivity index (χ2n) is 5.51. The number of carboxylic acids is 2. The summed E-state index contributed by atoms with van der Waals surface area (Å²) in [5.74, 6) is -3.13. The van der Waals surface area contributed by atoms with Crippen LogP contribution in [0.5, 0.6) is 0 Å². The predicted molar refractivity (Wildman–Crippen MR) is 67.3 cm³/mol. The van der Waals surface area contributed by atoms with E-state index in [1.807, 2.05) is 0 Å². The maximum Gasteiger partial charge on any atom is 0.411 e. The Kier molecular flexibility index (Phi) is 6.65. The average molecular weight is 329 g/mol. The number of nitrogens with zero attached hydrogens (tertiary/aromatic N) is 1. The summed E-state index contributed by atoms with van der Waals surface area (Å²) in [5, 5.41) is 17.5. The largest absolute Gasteiger partial charge is 0.481 e. The van der Waals surface area contributed by atoms with Gasteiger partial charge in [-0.25, -0.2) is 9.59 Å². The molecular weight excluding hydrogens is 311 g/mol. The number of hydrogen-bond acceptors (Lipinski definition) is 4. The number of hydrogen-bond donors (Lipinski definition) is 2. The van der Waals surface area contributed by atoms with Gasteiger partial charge in [0.05, 0.1) is 0 Å². The van der Waals surface area contributed by atoms with Gasteiger partial charge >= 0.3 is 24.2 Å². The lowest BCUT2D eigenvalue weighted by atomic mass is 10.1. The Morgan fingerprint density at radius 2 is 1.64 bits per heavy atom. The van der Waals surface area contributed by atoms with Gasteiger partial charge in [0.2, 0.25) is 0 Å². The first-order valence-corrected chi connectivity index (χ1v) is 6.24. The van der Waals surface area contributed by atoms with Crippen LogP contribution in [0.4, 0.5) is 18.0 Å². The van der Waals surface area contributed by atoms with E-state index in [0.29, 0.717) is 0 Å². The Hall–Kier alpha value is -2.00. The van der Waals surface area contributed by atoms with Gasteiger partial charge in [-0.15, -0.1) is 0 Å². The number of ether oxygens (including phenoxy) is 1. The molecule has 10 heteroatoms. The van der Waals surface area contributed by atoms with Crippen molar-refractivity contribution < 1.29 is 42.5 Å². The fourth-order valence-corrected chi connectivity index (χ4v) is 1.49. The number of amides is 1. The molecule has 7 nitrogen and oxygen atoms in total. The van der Waals surface area contributed by atoms with Gasteiger partial charge in [-0.3, -0.25) is 9.69 Å². The maximum atomic E-state index is 12.6. The number of aliphatic carboxylic acids is 2. The molecule has 128 valence electrons. The van der Waals surface area contributed by atoms with Crippen LogP contribution in [0.2, 0.25) is 0 Å². The van der Waals surface area contributed by atoms with Crippen LogP contribution in [0.3, 0.4) is 0 Å². The first-order chi connectivity index (χ1) is 9.73. The second kappa shape index (κ2) is 7.32. The van der Waals surface area contributed by atoms with E-state index in [1.165, 1.54) is 20.8 Å². The zero-order chi connectivity index (χ0) is 17.7. The average Bonchev–Trinajstić information content (AvgIpc) is 2.22. The van der Waals surface area contributed by atoms with E-state index in [4.69, 9.17) is 14.9 Å². The van der Waals surface area contributed by atoms with Gasteiger partial charge in [-0.2, -0.15) is 13.2 Å². The summed E-state index contributed by atoms with van der Waals surface area (Å²) >= 11 is 0. The van der Waals surface area contributed by atoms with Crippen molar-refractivity contribution in [3.05, 3.63) is 0 Å². The van der Waals surface area contributed by atoms with E-state index in [-0.39, 0.29) is 4.90 Å². The molecule has 0 spiro atoms. The summed E-state index contributed by atoms with van der Waals surface area (Å²) in [4.78, 5) is 33.4. The van der Waals surface area contributed by atoms with Gasteiger partial charge in [0, 0.05) is 6.42 Å². The van der Waals surface area contributed by atoms with E-state index >= 15 is 0 Å². The van der Waals surface area contributed by atoms with Crippen molar-refractivity contribution >= 4 is 18.0 Å². The molecule has 1 amide bonds. The van der Waals surface area contributed by atoms with Gasteiger partial charge < -0.3 is 14.9 Å². The molecule has 0 fully saturated rings. The van der Waals surface area contributed by atoms with Crippen molar-refractivity contribution in [3.8, 4) is 0 Å². The molecule has 0 saturated heterocycles. The highest BCUT2D eigenvalue weighted by atomic mass is 19.4. The summed E-state index contributed by atoms with van der Waals surface area (Å²) < 4.78 is 42.4. The molecule has 0 rings (SSSR count). The van der Waals surface area contributed by atoms with Crippen LogP contribution < -0.4 is 0 Å². The summed E-state index contributed by atoms with van der Waals surface area (Å²) in [6, 6.07) is -1.95. The van der Waals surface area contributed by atoms with Crippen molar-refractivity contribution in [3.63, 3.8) is 0 Å². The quantitative estimate of drug-likeness (QED) is 0.773. The second-order valence-corrected chi connectivity index (χ2v) is 5.51. The highest BCUT2D eigenvalue weighted by Crippen LogP contribution is 2.22. The minimum atomic E-state index is -4.85. The molecule has 0 aliphatic carbocycles. The lowest BCUT2D eigenvalue weighted by Crippen LogP contribution is -2.51. The number of rotatable bonds is 6. The first-order valence-electron chi connectivity index (χ1n) is 6.24. The summed E-state index contributed by atoms with van der Waals surface area (Å²) in [5.41, 5.74) is -1.13. The monoisotopic (exact) mass is 329 g/mol. The van der Waals surface area contributed by atoms with Crippen molar-refractivity contribution in [1.82, 2.24) is 4.90 Å². The van der Waals surface area contributed by atoms with Crippen LogP contribution in [-0.2, 0) is 14.3 Å². The minimum absolute atomic E-state index is 0.0173. The lowest BCUT2D eigenvalue weighted by molar-refractivity contribution is -0.160. The van der Waals surface area contributed by atoms with Crippen molar-refractivity contribution in [1.29, 1.82) is 0 Å². The number of carbonyl (C=O) groups excluding carboxylic acids is 1. The normalized spacial score (nSPS) is 13.4. The summed E-state index contributed by atoms with van der Waals surface area (Å²) in [7, 11) is 0. The molecule has 0 aromatic carbocycles. The molecule has 0 saturated carbocycles. The van der Waals surface area contributed by atoms with Gasteiger partial charge in [0.1, 0.15) is 18.2 Å². The Bertz CT molecular complexity index is 430. The van der Waals surface area contributed by atoms with Crippen LogP contribution in [-0.4, -0.2) is 57.5 Å². The van der Waals surface area contributed by atoms with E-state index in [1.54, 1.807) is 0 Å². The van der Waals surface area contributed by atoms with E-state index in [0.717, 1.165) is 0 Å². The molecule has 22 heavy (non-hydrogen) atoms. The van der Waals surface area contributed by atoms with Crippen LogP contribution in [0.15, 0.2) is 0 Å². The van der Waals surface area contributed by atoms with Gasteiger partial charge in [-0.1, -0.05) is 0 Å². The predicted octanol–water partition coefficient (Wildman–Crippen LogP) is 2.10. The van der Waals surface area contributed by atoms with Crippen LogP contribution >= 0.6 is 0 Å². The van der Waals surface area contributed by atoms with Crippen LogP contribution in [0.1, 0.15) is 33.6 Å². The Balaban J connectivity index is 5.35. The molecule has 0 aromatic rings. The molecule has 0 aliphatic heterocycles. The Morgan fingerprint density at radius 1 is 1.14 bits per heavy atom. The first kappa shape index (κ1) is 20.0. The standard InChI is InChI=1S/C12H18F3NO6/c1-11(2,3)22-10(21)16(6-12(13,14)15)7(9(19)20)4-5-8(17)18/h7H,4-6H2,1-3H3,(H,17,18)(H,19,20). The topological polar surface area (TPSA) is 104 Å². The summed E-state index contributed by atoms with van der Waals surface area (Å²) in [6.07, 6.45) is -7.69. The van der Waals surface area contributed by atoms with E-state index < -0.39 is 55.2 Å². The fourth-order valence-electron chi connectivity index (χ4n) is 1.49. The molecule has 2 N–H and O–H groups in total. The van der Waals surface area contributed by atoms with Crippen molar-refractivity contribution in [2.45, 2.75) is 51.4 Å². The molecular formula is C12H18F3NO6. The molecule has 0 bridgehead atoms. The van der Waals surface area contributed by atoms with E-state index in [9.17, 15) is 27.6 Å². The maximum absolute atomic E-state index is 12.6. The number of halogens is 3. The Labute approximate surface area is 124 Å². The molecule has 1 atom stereocenters. The summed E-state index contributed by atoms with van der Waals surface area (Å²) in [6.45, 7) is 2.37. The molecule has 1 unspecified atom stereocenters. The van der Waals surface area contributed by atoms with Gasteiger partial charge in [0.15, 0.2) is 0 Å². The third-order valence-electron chi connectivity index (χ3n) is 2.27. The molecule has 0 aromatic heterocycles. The highest BCUT2D eigenvalue weighted by Gasteiger charge is 2.41. The zero-order valence-electron chi connectivity index (χ0n) is 12.3. The lowest BCUT2D eigenvalue weighted by Gasteiger charge is -2.31. The van der Waals surface area contributed by atoms with Crippen LogP contribution in [0.25, 0.3) is 0 Å². The van der Waals surface area contributed by atoms with E-state index in [2.05, 4.69) is 0 Å². The van der Waals surface area contributed by atoms with Crippen LogP contribution in [0, 0.1) is 0 Å². The molecule has 0 heterocycles. The smallest absolute Gasteiger partial charge is 0.411 e. The van der Waals surface area contributed by atoms with Crippen molar-refractivity contribution in [2.75, 3.05) is 6.54 Å². The van der Waals surface area contributed by atoms with Crippen molar-refractivity contribution in [2.24, 2.45) is 0 Å². The highest BCUT2D eigenvalue weighted by molar-refractivity contribution is 5.81. The number of alkyl halides is 3. The third kappa shape index (κ3) is 8.32. The third-order valence-corrected chi connectivity index (χ3v) is 2.27. The van der Waals surface area contributed by atoms with Gasteiger partial charge in [-0.05, 0) is 27.2 Å². The molecule has 0 aliphatic rings. The fraction of sp³-hybridized carbons (Fsp3) is 0.750. The number of carbonyl (C=O) groups is 3.